The standard InChI is InChI=1S/C7H16N4O5.ClH/c8-2-9-11-10-7-6(15)5(14)4(13)3(1-12)16-7;/h2-7,10-15H,1H2,(H2,8,9);1H. The van der Waals surface area contributed by atoms with E-state index in [2.05, 4.69) is 16.1 Å². The zero-order chi connectivity index (χ0) is 12.1. The maximum absolute atomic E-state index is 9.52. The molecule has 5 atom stereocenters. The molecule has 0 bridgehead atoms. The highest BCUT2D eigenvalue weighted by atomic mass is 35.5. The molecular weight excluding hydrogens is 256 g/mol. The van der Waals surface area contributed by atoms with Gasteiger partial charge in [0.1, 0.15) is 30.8 Å². The maximum atomic E-state index is 9.52. The number of nitrogens with two attached hydrogens (primary N) is 1. The van der Waals surface area contributed by atoms with Gasteiger partial charge in [-0.25, -0.2) is 5.53 Å². The van der Waals surface area contributed by atoms with E-state index in [4.69, 9.17) is 15.6 Å². The fourth-order valence-electron chi connectivity index (χ4n) is 1.36. The molecule has 0 radical (unpaired) electrons. The molecule has 0 aliphatic carbocycles. The largest absolute Gasteiger partial charge is 0.394 e. The Morgan fingerprint density at radius 2 is 1.88 bits per heavy atom. The molecule has 1 aliphatic heterocycles. The Bertz CT molecular complexity index is 244. The minimum Gasteiger partial charge on any atom is -0.394 e. The number of nitrogens with zero attached hydrogens (tertiary/aromatic N) is 1. The summed E-state index contributed by atoms with van der Waals surface area (Å²) in [7, 11) is 0. The average molecular weight is 273 g/mol. The highest BCUT2D eigenvalue weighted by molar-refractivity contribution is 5.85. The molecule has 10 heteroatoms. The predicted octanol–water partition coefficient (Wildman–Crippen LogP) is -3.80. The second-order valence-corrected chi connectivity index (χ2v) is 3.28. The average Bonchev–Trinajstić information content (AvgIpc) is 2.29. The summed E-state index contributed by atoms with van der Waals surface area (Å²) < 4.78 is 5.08. The van der Waals surface area contributed by atoms with E-state index in [1.54, 1.807) is 0 Å². The molecule has 1 rings (SSSR count). The third-order valence-corrected chi connectivity index (χ3v) is 2.24. The number of rotatable bonds is 4. The molecule has 1 saturated heterocycles. The first-order valence-electron chi connectivity index (χ1n) is 4.66. The molecular formula is C7H17ClN4O5. The summed E-state index contributed by atoms with van der Waals surface area (Å²) in [5, 5.41) is 40.6. The van der Waals surface area contributed by atoms with Gasteiger partial charge in [0.05, 0.1) is 6.61 Å². The Labute approximate surface area is 104 Å². The number of aliphatic hydroxyl groups is 4. The number of hydrazone groups is 1. The Hall–Kier alpha value is -0.680. The molecule has 0 aromatic carbocycles. The summed E-state index contributed by atoms with van der Waals surface area (Å²) in [5.41, 5.74) is 9.61. The Morgan fingerprint density at radius 1 is 1.24 bits per heavy atom. The zero-order valence-electron chi connectivity index (χ0n) is 8.80. The Balaban J connectivity index is 0.00000256. The van der Waals surface area contributed by atoms with Gasteiger partial charge in [-0.1, -0.05) is 0 Å². The molecule has 0 aromatic heterocycles. The third-order valence-electron chi connectivity index (χ3n) is 2.24. The first-order chi connectivity index (χ1) is 7.61. The van der Waals surface area contributed by atoms with Gasteiger partial charge in [0.15, 0.2) is 6.23 Å². The molecule has 0 spiro atoms. The van der Waals surface area contributed by atoms with Crippen molar-refractivity contribution in [3.05, 3.63) is 0 Å². The smallest absolute Gasteiger partial charge is 0.155 e. The monoisotopic (exact) mass is 272 g/mol. The predicted molar refractivity (Wildman–Crippen MR) is 60.0 cm³/mol. The lowest BCUT2D eigenvalue weighted by Crippen LogP contribution is -2.63. The van der Waals surface area contributed by atoms with Crippen LogP contribution in [0.5, 0.6) is 0 Å². The van der Waals surface area contributed by atoms with E-state index in [0.717, 1.165) is 6.34 Å². The Morgan fingerprint density at radius 3 is 2.41 bits per heavy atom. The van der Waals surface area contributed by atoms with Gasteiger partial charge < -0.3 is 30.9 Å². The van der Waals surface area contributed by atoms with Crippen molar-refractivity contribution in [1.29, 1.82) is 0 Å². The van der Waals surface area contributed by atoms with Crippen molar-refractivity contribution in [2.24, 2.45) is 10.8 Å². The van der Waals surface area contributed by atoms with E-state index in [9.17, 15) is 15.3 Å². The lowest BCUT2D eigenvalue weighted by molar-refractivity contribution is -0.239. The van der Waals surface area contributed by atoms with Crippen LogP contribution in [0.4, 0.5) is 0 Å². The number of aliphatic hydroxyl groups excluding tert-OH is 4. The van der Waals surface area contributed by atoms with E-state index < -0.39 is 37.3 Å². The quantitative estimate of drug-likeness (QED) is 0.156. The highest BCUT2D eigenvalue weighted by Gasteiger charge is 2.43. The summed E-state index contributed by atoms with van der Waals surface area (Å²) >= 11 is 0. The van der Waals surface area contributed by atoms with Crippen LogP contribution in [0.1, 0.15) is 0 Å². The summed E-state index contributed by atoms with van der Waals surface area (Å²) in [4.78, 5) is 0. The van der Waals surface area contributed by atoms with Crippen LogP contribution in [0.2, 0.25) is 0 Å². The van der Waals surface area contributed by atoms with Crippen LogP contribution in [0.3, 0.4) is 0 Å². The maximum Gasteiger partial charge on any atom is 0.155 e. The first-order valence-corrected chi connectivity index (χ1v) is 4.66. The summed E-state index contributed by atoms with van der Waals surface area (Å²) in [6.45, 7) is -0.483. The number of hydrogen-bond acceptors (Lipinski definition) is 8. The van der Waals surface area contributed by atoms with Gasteiger partial charge >= 0.3 is 0 Å². The molecule has 5 unspecified atom stereocenters. The Kier molecular flexibility index (Phi) is 7.30. The van der Waals surface area contributed by atoms with Gasteiger partial charge in [0, 0.05) is 0 Å². The van der Waals surface area contributed by atoms with Crippen LogP contribution < -0.4 is 16.7 Å². The first kappa shape index (κ1) is 16.3. The fourth-order valence-corrected chi connectivity index (χ4v) is 1.36. The van der Waals surface area contributed by atoms with E-state index in [1.165, 1.54) is 0 Å². The van der Waals surface area contributed by atoms with Gasteiger partial charge in [0.25, 0.3) is 0 Å². The molecule has 102 valence electrons. The fraction of sp³-hybridized carbons (Fsp3) is 0.857. The van der Waals surface area contributed by atoms with E-state index in [0.29, 0.717) is 0 Å². The van der Waals surface area contributed by atoms with E-state index in [-0.39, 0.29) is 12.4 Å². The van der Waals surface area contributed by atoms with Crippen molar-refractivity contribution in [2.75, 3.05) is 6.61 Å². The molecule has 17 heavy (non-hydrogen) atoms. The second kappa shape index (κ2) is 7.61. The van der Waals surface area contributed by atoms with Crippen LogP contribution in [-0.4, -0.2) is 64.0 Å². The second-order valence-electron chi connectivity index (χ2n) is 3.28. The van der Waals surface area contributed by atoms with Crippen LogP contribution in [-0.2, 0) is 4.74 Å². The van der Waals surface area contributed by atoms with Gasteiger partial charge in [-0.05, 0) is 0 Å². The molecule has 0 aromatic rings. The van der Waals surface area contributed by atoms with Crippen molar-refractivity contribution in [3.63, 3.8) is 0 Å². The summed E-state index contributed by atoms with van der Waals surface area (Å²) in [6.07, 6.45) is -5.18. The van der Waals surface area contributed by atoms with Gasteiger partial charge in [-0.3, -0.25) is 0 Å². The molecule has 1 aliphatic rings. The van der Waals surface area contributed by atoms with Crippen molar-refractivity contribution >= 4 is 18.7 Å². The van der Waals surface area contributed by atoms with Gasteiger partial charge in [-0.2, -0.15) is 10.5 Å². The minimum absolute atomic E-state index is 0. The number of nitrogens with one attached hydrogen (secondary N) is 2. The van der Waals surface area contributed by atoms with Crippen molar-refractivity contribution < 1.29 is 25.2 Å². The normalized spacial score (nSPS) is 37.8. The molecule has 1 fully saturated rings. The lowest BCUT2D eigenvalue weighted by atomic mass is 9.99. The highest BCUT2D eigenvalue weighted by Crippen LogP contribution is 2.19. The van der Waals surface area contributed by atoms with Crippen molar-refractivity contribution in [2.45, 2.75) is 30.6 Å². The van der Waals surface area contributed by atoms with E-state index in [1.807, 2.05) is 0 Å². The topological polar surface area (TPSA) is 153 Å². The van der Waals surface area contributed by atoms with Crippen molar-refractivity contribution in [3.8, 4) is 0 Å². The van der Waals surface area contributed by atoms with Gasteiger partial charge in [0.2, 0.25) is 0 Å². The van der Waals surface area contributed by atoms with Crippen LogP contribution in [0.15, 0.2) is 5.10 Å². The van der Waals surface area contributed by atoms with Crippen LogP contribution >= 0.6 is 12.4 Å². The number of halogens is 1. The number of ether oxygens (including phenoxy) is 1. The third kappa shape index (κ3) is 3.92. The lowest BCUT2D eigenvalue weighted by Gasteiger charge is -2.39. The summed E-state index contributed by atoms with van der Waals surface area (Å²) in [6, 6.07) is 0. The SMILES string of the molecule is Cl.N/C=N\NNC1OC(CO)C(O)C(O)C1O. The molecule has 9 nitrogen and oxygen atoms in total. The molecule has 0 saturated carbocycles. The van der Waals surface area contributed by atoms with Crippen molar-refractivity contribution in [1.82, 2.24) is 11.0 Å². The molecule has 1 heterocycles. The summed E-state index contributed by atoms with van der Waals surface area (Å²) in [5.74, 6) is 0. The number of hydrazine groups is 1. The van der Waals surface area contributed by atoms with Crippen LogP contribution in [0.25, 0.3) is 0 Å². The number of hydrogen-bond donors (Lipinski definition) is 7. The van der Waals surface area contributed by atoms with E-state index >= 15 is 0 Å². The minimum atomic E-state index is -1.42. The molecule has 8 N–H and O–H groups in total. The van der Waals surface area contributed by atoms with Gasteiger partial charge in [-0.15, -0.1) is 12.4 Å². The zero-order valence-corrected chi connectivity index (χ0v) is 9.62. The van der Waals surface area contributed by atoms with Crippen LogP contribution in [0, 0.1) is 0 Å². The molecule has 0 amide bonds.